The van der Waals surface area contributed by atoms with Crippen LogP contribution in [0, 0.1) is 0 Å². The van der Waals surface area contributed by atoms with Crippen LogP contribution in [-0.4, -0.2) is 28.8 Å². The Bertz CT molecular complexity index is 928. The van der Waals surface area contributed by atoms with Gasteiger partial charge < -0.3 is 15.0 Å². The number of carbonyl (C=O) groups excluding carboxylic acids is 2. The second kappa shape index (κ2) is 10.2. The number of ether oxygens (including phenoxy) is 1. The molecule has 2 N–H and O–H groups in total. The Morgan fingerprint density at radius 2 is 1.86 bits per heavy atom. The Hall–Kier alpha value is -2.38. The first-order valence-electron chi connectivity index (χ1n) is 9.03. The number of fused-ring (bicyclic) bond motifs is 1. The van der Waals surface area contributed by atoms with Crippen LogP contribution in [-0.2, 0) is 21.7 Å². The Morgan fingerprint density at radius 3 is 2.64 bits per heavy atom. The van der Waals surface area contributed by atoms with Gasteiger partial charge in [-0.05, 0) is 24.1 Å². The molecule has 1 heterocycles. The van der Waals surface area contributed by atoms with Crippen molar-refractivity contribution < 1.29 is 14.3 Å². The number of H-pyrrole nitrogens is 1. The summed E-state index contributed by atoms with van der Waals surface area (Å²) in [5, 5.41) is 3.59. The van der Waals surface area contributed by atoms with E-state index in [1.54, 1.807) is 6.92 Å². The van der Waals surface area contributed by atoms with E-state index in [1.165, 1.54) is 10.8 Å². The average molecular weight is 415 g/mol. The number of benzene rings is 2. The number of aromatic nitrogens is 1. The highest BCUT2D eigenvalue weighted by molar-refractivity contribution is 8.81. The maximum Gasteiger partial charge on any atom is 0.328 e. The van der Waals surface area contributed by atoms with Crippen molar-refractivity contribution in [2.75, 3.05) is 6.61 Å². The van der Waals surface area contributed by atoms with Gasteiger partial charge in [-0.3, -0.25) is 4.79 Å². The van der Waals surface area contributed by atoms with Crippen LogP contribution in [0.4, 0.5) is 4.79 Å². The number of nitrogens with one attached hydrogen (secondary N) is 2. The summed E-state index contributed by atoms with van der Waals surface area (Å²) in [4.78, 5) is 27.9. The van der Waals surface area contributed by atoms with Crippen molar-refractivity contribution in [3.63, 3.8) is 0 Å². The van der Waals surface area contributed by atoms with Crippen molar-refractivity contribution in [2.24, 2.45) is 0 Å². The van der Waals surface area contributed by atoms with E-state index in [9.17, 15) is 9.59 Å². The van der Waals surface area contributed by atoms with Crippen molar-refractivity contribution in [3.05, 3.63) is 71.9 Å². The molecule has 0 unspecified atom stereocenters. The number of carbonyl (C=O) groups is 2. The monoisotopic (exact) mass is 414 g/mol. The van der Waals surface area contributed by atoms with Gasteiger partial charge in [-0.1, -0.05) is 59.3 Å². The fraction of sp³-hybridized carbons (Fsp3) is 0.238. The molecule has 3 aromatic rings. The molecule has 3 rings (SSSR count). The number of para-hydroxylation sites is 1. The van der Waals surface area contributed by atoms with Crippen LogP contribution < -0.4 is 5.32 Å². The summed E-state index contributed by atoms with van der Waals surface area (Å²) < 4.78 is 5.16. The van der Waals surface area contributed by atoms with Crippen LogP contribution in [0.25, 0.3) is 10.9 Å². The van der Waals surface area contributed by atoms with E-state index >= 15 is 0 Å². The maximum absolute atomic E-state index is 12.4. The Labute approximate surface area is 172 Å². The molecular weight excluding hydrogens is 392 g/mol. The number of amides is 1. The molecule has 7 heteroatoms. The van der Waals surface area contributed by atoms with E-state index in [0.29, 0.717) is 12.2 Å². The lowest BCUT2D eigenvalue weighted by molar-refractivity contribution is -0.145. The van der Waals surface area contributed by atoms with Crippen LogP contribution in [0.15, 0.2) is 60.8 Å². The molecule has 0 fully saturated rings. The van der Waals surface area contributed by atoms with Crippen molar-refractivity contribution >= 4 is 43.7 Å². The smallest absolute Gasteiger partial charge is 0.328 e. The summed E-state index contributed by atoms with van der Waals surface area (Å²) in [6.07, 6.45) is 2.25. The van der Waals surface area contributed by atoms with Gasteiger partial charge in [0.2, 0.25) is 0 Å². The normalized spacial score (nSPS) is 11.9. The zero-order valence-corrected chi connectivity index (χ0v) is 17.1. The Balaban J connectivity index is 1.61. The van der Waals surface area contributed by atoms with Gasteiger partial charge in [0.05, 0.1) is 6.61 Å². The lowest BCUT2D eigenvalue weighted by Crippen LogP contribution is -2.41. The summed E-state index contributed by atoms with van der Waals surface area (Å²) in [7, 11) is 2.54. The molecule has 28 heavy (non-hydrogen) atoms. The molecule has 0 saturated carbocycles. The highest BCUT2D eigenvalue weighted by Gasteiger charge is 2.24. The van der Waals surface area contributed by atoms with E-state index in [-0.39, 0.29) is 11.8 Å². The van der Waals surface area contributed by atoms with Gasteiger partial charge >= 0.3 is 5.97 Å². The third-order valence-corrected chi connectivity index (χ3v) is 6.16. The first-order chi connectivity index (χ1) is 13.7. The summed E-state index contributed by atoms with van der Waals surface area (Å²) in [6.45, 7) is 2.03. The molecule has 1 aromatic heterocycles. The van der Waals surface area contributed by atoms with Crippen LogP contribution in [0.1, 0.15) is 18.1 Å². The molecular formula is C21H22N2O3S2. The molecule has 0 aliphatic rings. The number of esters is 1. The predicted molar refractivity (Wildman–Crippen MR) is 116 cm³/mol. The minimum Gasteiger partial charge on any atom is -0.464 e. The van der Waals surface area contributed by atoms with Crippen molar-refractivity contribution in [1.29, 1.82) is 0 Å². The van der Waals surface area contributed by atoms with E-state index in [1.807, 2.05) is 60.8 Å². The van der Waals surface area contributed by atoms with Crippen molar-refractivity contribution in [3.8, 4) is 0 Å². The van der Waals surface area contributed by atoms with Gasteiger partial charge in [-0.2, -0.15) is 0 Å². The molecule has 0 radical (unpaired) electrons. The van der Waals surface area contributed by atoms with E-state index in [0.717, 1.165) is 32.8 Å². The van der Waals surface area contributed by atoms with Crippen LogP contribution in [0.3, 0.4) is 0 Å². The molecule has 0 saturated heterocycles. The molecule has 0 bridgehead atoms. The standard InChI is InChI=1S/C21H22N2O3S2/c1-2-26-20(24)19(12-16-13-22-18-11-7-6-10-17(16)18)23-21(25)28-27-14-15-8-4-3-5-9-15/h3-11,13,19,22H,2,12,14H2,1H3,(H,23,25)/t19-/m1/s1. The van der Waals surface area contributed by atoms with E-state index in [2.05, 4.69) is 10.3 Å². The summed E-state index contributed by atoms with van der Waals surface area (Å²) >= 11 is 0. The second-order valence-corrected chi connectivity index (χ2v) is 8.40. The largest absolute Gasteiger partial charge is 0.464 e. The fourth-order valence-corrected chi connectivity index (χ4v) is 4.58. The third-order valence-electron chi connectivity index (χ3n) is 4.17. The Morgan fingerprint density at radius 1 is 1.11 bits per heavy atom. The summed E-state index contributed by atoms with van der Waals surface area (Å²) in [5.41, 5.74) is 3.11. The van der Waals surface area contributed by atoms with Gasteiger partial charge in [0.15, 0.2) is 0 Å². The SMILES string of the molecule is CCOC(=O)[C@@H](Cc1c[nH]c2ccccc12)NC(=O)SSCc1ccccc1. The van der Waals surface area contributed by atoms with Gasteiger partial charge in [0.1, 0.15) is 6.04 Å². The molecule has 2 aromatic carbocycles. The lowest BCUT2D eigenvalue weighted by Gasteiger charge is -2.16. The first-order valence-corrected chi connectivity index (χ1v) is 11.3. The first kappa shape index (κ1) is 20.4. The quantitative estimate of drug-likeness (QED) is 0.404. The third kappa shape index (κ3) is 5.56. The average Bonchev–Trinajstić information content (AvgIpc) is 3.11. The van der Waals surface area contributed by atoms with Crippen LogP contribution in [0.2, 0.25) is 0 Å². The van der Waals surface area contributed by atoms with Crippen molar-refractivity contribution in [2.45, 2.75) is 25.1 Å². The number of hydrogen-bond donors (Lipinski definition) is 2. The van der Waals surface area contributed by atoms with E-state index < -0.39 is 12.0 Å². The molecule has 0 spiro atoms. The highest BCUT2D eigenvalue weighted by atomic mass is 33.1. The predicted octanol–water partition coefficient (Wildman–Crippen LogP) is 4.93. The van der Waals surface area contributed by atoms with E-state index in [4.69, 9.17) is 4.74 Å². The molecule has 5 nitrogen and oxygen atoms in total. The maximum atomic E-state index is 12.4. The molecule has 1 amide bonds. The summed E-state index contributed by atoms with van der Waals surface area (Å²) in [6, 6.07) is 17.1. The highest BCUT2D eigenvalue weighted by Crippen LogP contribution is 2.27. The lowest BCUT2D eigenvalue weighted by atomic mass is 10.1. The van der Waals surface area contributed by atoms with Gasteiger partial charge in [0, 0.05) is 40.1 Å². The zero-order valence-electron chi connectivity index (χ0n) is 15.5. The summed E-state index contributed by atoms with van der Waals surface area (Å²) in [5.74, 6) is 0.292. The van der Waals surface area contributed by atoms with Gasteiger partial charge in [0.25, 0.3) is 5.24 Å². The minimum atomic E-state index is -0.725. The second-order valence-electron chi connectivity index (χ2n) is 6.13. The Kier molecular flexibility index (Phi) is 7.45. The number of rotatable bonds is 8. The zero-order chi connectivity index (χ0) is 19.8. The fourth-order valence-electron chi connectivity index (χ4n) is 2.85. The van der Waals surface area contributed by atoms with Gasteiger partial charge in [-0.15, -0.1) is 0 Å². The molecule has 0 aliphatic heterocycles. The van der Waals surface area contributed by atoms with Crippen LogP contribution >= 0.6 is 21.6 Å². The van der Waals surface area contributed by atoms with Gasteiger partial charge in [-0.25, -0.2) is 4.79 Å². The molecule has 146 valence electrons. The number of aromatic amines is 1. The minimum absolute atomic E-state index is 0.251. The van der Waals surface area contributed by atoms with Crippen molar-refractivity contribution in [1.82, 2.24) is 10.3 Å². The topological polar surface area (TPSA) is 71.2 Å². The van der Waals surface area contributed by atoms with Crippen LogP contribution in [0.5, 0.6) is 0 Å². The molecule has 0 aliphatic carbocycles. The molecule has 1 atom stereocenters. The number of hydrogen-bond acceptors (Lipinski definition) is 5.